The van der Waals surface area contributed by atoms with Crippen molar-refractivity contribution in [2.75, 3.05) is 0 Å². The second-order valence-electron chi connectivity index (χ2n) is 7.09. The zero-order valence-electron chi connectivity index (χ0n) is 14.8. The minimum Gasteiger partial charge on any atom is -0.388 e. The van der Waals surface area contributed by atoms with Crippen molar-refractivity contribution in [2.45, 2.75) is 78.4 Å². The Morgan fingerprint density at radius 1 is 0.909 bits per heavy atom. The second kappa shape index (κ2) is 8.50. The third-order valence-corrected chi connectivity index (χ3v) is 4.19. The van der Waals surface area contributed by atoms with Crippen LogP contribution in [-0.2, 0) is 0 Å². The first-order valence-electron chi connectivity index (χ1n) is 8.29. The highest BCUT2D eigenvalue weighted by Gasteiger charge is 2.25. The maximum Gasteiger partial charge on any atom is 0.0828 e. The maximum absolute atomic E-state index is 10.5. The highest BCUT2D eigenvalue weighted by atomic mass is 16.3. The number of hydrogen-bond donors (Lipinski definition) is 2. The van der Waals surface area contributed by atoms with Crippen LogP contribution in [0.2, 0.25) is 0 Å². The van der Waals surface area contributed by atoms with Gasteiger partial charge in [0.25, 0.3) is 0 Å². The largest absolute Gasteiger partial charge is 0.388 e. The summed E-state index contributed by atoms with van der Waals surface area (Å²) in [5.74, 6) is 0. The summed E-state index contributed by atoms with van der Waals surface area (Å²) < 4.78 is 0. The molecule has 22 heavy (non-hydrogen) atoms. The first kappa shape index (κ1) is 18.9. The van der Waals surface area contributed by atoms with Gasteiger partial charge in [-0.1, -0.05) is 41.0 Å². The molecular formula is C20H32O2. The Kier molecular flexibility index (Phi) is 7.31. The van der Waals surface area contributed by atoms with Crippen LogP contribution < -0.4 is 0 Å². The van der Waals surface area contributed by atoms with Crippen molar-refractivity contribution in [1.82, 2.24) is 0 Å². The van der Waals surface area contributed by atoms with Gasteiger partial charge in [0.05, 0.1) is 11.7 Å². The summed E-state index contributed by atoms with van der Waals surface area (Å²) in [7, 11) is 0. The Morgan fingerprint density at radius 2 is 1.45 bits per heavy atom. The molecule has 0 heterocycles. The van der Waals surface area contributed by atoms with E-state index in [0.717, 1.165) is 25.7 Å². The van der Waals surface area contributed by atoms with E-state index in [0.29, 0.717) is 12.0 Å². The molecule has 0 saturated heterocycles. The Balaban J connectivity index is 3.09. The van der Waals surface area contributed by atoms with Crippen molar-refractivity contribution in [3.05, 3.63) is 46.6 Å². The topological polar surface area (TPSA) is 40.5 Å². The molecule has 0 radical (unpaired) electrons. The molecule has 0 bridgehead atoms. The van der Waals surface area contributed by atoms with Crippen molar-refractivity contribution >= 4 is 0 Å². The van der Waals surface area contributed by atoms with E-state index in [1.165, 1.54) is 16.7 Å². The van der Waals surface area contributed by atoms with E-state index in [-0.39, 0.29) is 0 Å². The minimum atomic E-state index is -1.01. The number of aliphatic hydroxyl groups excluding tert-OH is 1. The van der Waals surface area contributed by atoms with Gasteiger partial charge in [-0.05, 0) is 72.3 Å². The molecule has 1 rings (SSSR count). The lowest BCUT2D eigenvalue weighted by atomic mass is 9.88. The van der Waals surface area contributed by atoms with Gasteiger partial charge in [-0.15, -0.1) is 0 Å². The van der Waals surface area contributed by atoms with Crippen LogP contribution in [0, 0.1) is 0 Å². The summed E-state index contributed by atoms with van der Waals surface area (Å²) in [5, 5.41) is 20.9. The van der Waals surface area contributed by atoms with Gasteiger partial charge in [-0.25, -0.2) is 0 Å². The zero-order chi connectivity index (χ0) is 16.8. The van der Waals surface area contributed by atoms with E-state index in [2.05, 4.69) is 32.9 Å². The third-order valence-electron chi connectivity index (χ3n) is 4.19. The summed E-state index contributed by atoms with van der Waals surface area (Å²) >= 11 is 0. The van der Waals surface area contributed by atoms with E-state index in [1.807, 2.05) is 12.2 Å². The fourth-order valence-corrected chi connectivity index (χ4v) is 2.73. The van der Waals surface area contributed by atoms with E-state index >= 15 is 0 Å². The number of aliphatic hydroxyl groups is 2. The van der Waals surface area contributed by atoms with Gasteiger partial charge < -0.3 is 10.2 Å². The van der Waals surface area contributed by atoms with Crippen molar-refractivity contribution in [2.24, 2.45) is 0 Å². The molecule has 124 valence electrons. The molecule has 0 aromatic rings. The highest BCUT2D eigenvalue weighted by Crippen LogP contribution is 2.25. The van der Waals surface area contributed by atoms with Crippen molar-refractivity contribution in [1.29, 1.82) is 0 Å². The summed E-state index contributed by atoms with van der Waals surface area (Å²) in [4.78, 5) is 0. The molecule has 1 aliphatic carbocycles. The van der Waals surface area contributed by atoms with Crippen LogP contribution in [0.3, 0.4) is 0 Å². The smallest absolute Gasteiger partial charge is 0.0828 e. The summed E-state index contributed by atoms with van der Waals surface area (Å²) in [5.41, 5.74) is 3.55. The molecule has 1 atom stereocenters. The molecule has 0 fully saturated rings. The van der Waals surface area contributed by atoms with Crippen LogP contribution in [0.5, 0.6) is 0 Å². The Hall–Kier alpha value is -1.12. The van der Waals surface area contributed by atoms with Gasteiger partial charge in [0.2, 0.25) is 0 Å². The molecule has 0 aliphatic heterocycles. The fraction of sp³-hybridized carbons (Fsp3) is 0.600. The lowest BCUT2D eigenvalue weighted by Crippen LogP contribution is -2.30. The van der Waals surface area contributed by atoms with E-state index in [1.54, 1.807) is 13.8 Å². The lowest BCUT2D eigenvalue weighted by Gasteiger charge is -2.26. The molecule has 1 aliphatic rings. The van der Waals surface area contributed by atoms with Crippen molar-refractivity contribution < 1.29 is 10.2 Å². The average molecular weight is 304 g/mol. The molecule has 0 aromatic carbocycles. The lowest BCUT2D eigenvalue weighted by molar-refractivity contribution is 0.0805. The van der Waals surface area contributed by atoms with Crippen LogP contribution in [0.25, 0.3) is 0 Å². The fourth-order valence-electron chi connectivity index (χ4n) is 2.73. The number of allylic oxidation sites excluding steroid dienone is 6. The predicted octanol–water partition coefficient (Wildman–Crippen LogP) is 4.85. The van der Waals surface area contributed by atoms with Crippen LogP contribution in [0.4, 0.5) is 0 Å². The van der Waals surface area contributed by atoms with Gasteiger partial charge in [0, 0.05) is 0 Å². The molecule has 0 spiro atoms. The van der Waals surface area contributed by atoms with Crippen molar-refractivity contribution in [3.63, 3.8) is 0 Å². The van der Waals surface area contributed by atoms with Gasteiger partial charge in [-0.2, -0.15) is 0 Å². The normalized spacial score (nSPS) is 32.4. The number of rotatable bonds is 1. The summed E-state index contributed by atoms with van der Waals surface area (Å²) in [6.07, 6.45) is 12.5. The molecule has 0 aromatic heterocycles. The molecule has 0 amide bonds. The predicted molar refractivity (Wildman–Crippen MR) is 94.7 cm³/mol. The van der Waals surface area contributed by atoms with Crippen LogP contribution >= 0.6 is 0 Å². The molecule has 2 nitrogen and oxygen atoms in total. The van der Waals surface area contributed by atoms with Gasteiger partial charge in [-0.3, -0.25) is 0 Å². The van der Waals surface area contributed by atoms with E-state index in [4.69, 9.17) is 0 Å². The minimum absolute atomic E-state index is 0.575. The van der Waals surface area contributed by atoms with Gasteiger partial charge in [0.1, 0.15) is 0 Å². The van der Waals surface area contributed by atoms with E-state index < -0.39 is 11.7 Å². The van der Waals surface area contributed by atoms with Crippen LogP contribution in [0.15, 0.2) is 46.6 Å². The quantitative estimate of drug-likeness (QED) is 0.680. The molecule has 2 heteroatoms. The van der Waals surface area contributed by atoms with Crippen LogP contribution in [0.1, 0.15) is 66.7 Å². The molecule has 0 unspecified atom stereocenters. The highest BCUT2D eigenvalue weighted by molar-refractivity contribution is 5.27. The number of hydrogen-bond acceptors (Lipinski definition) is 2. The monoisotopic (exact) mass is 304 g/mol. The third kappa shape index (κ3) is 6.76. The Morgan fingerprint density at radius 3 is 2.05 bits per heavy atom. The first-order chi connectivity index (χ1) is 10.2. The van der Waals surface area contributed by atoms with E-state index in [9.17, 15) is 10.2 Å². The van der Waals surface area contributed by atoms with Crippen LogP contribution in [-0.4, -0.2) is 21.9 Å². The first-order valence-corrected chi connectivity index (χ1v) is 8.29. The van der Waals surface area contributed by atoms with Gasteiger partial charge in [0.15, 0.2) is 0 Å². The second-order valence-corrected chi connectivity index (χ2v) is 7.09. The van der Waals surface area contributed by atoms with Crippen molar-refractivity contribution in [3.8, 4) is 0 Å². The molecule has 0 saturated carbocycles. The Labute approximate surface area is 135 Å². The average Bonchev–Trinajstić information content (AvgIpc) is 2.36. The maximum atomic E-state index is 10.5. The Bertz CT molecular complexity index is 484. The SMILES string of the molecule is C/C1=C\C=C(\C(C)(C)O)[C@@H](O)C/C(C)=C/CC/C(C)=C/CC1. The zero-order valence-corrected chi connectivity index (χ0v) is 14.8. The standard InChI is InChI=1S/C20H32O2/c1-15-8-6-10-16(2)12-13-18(20(4,5)22)19(21)14-17(3)11-7-9-15/h8,11-13,19,21-22H,6-7,9-10,14H2,1-5H3/b15-8+,16-12+,17-11+,18-13+/t19-/m0/s1. The molecule has 2 N–H and O–H groups in total. The molecular weight excluding hydrogens is 272 g/mol. The summed E-state index contributed by atoms with van der Waals surface area (Å²) in [6, 6.07) is 0. The summed E-state index contributed by atoms with van der Waals surface area (Å²) in [6.45, 7) is 9.82. The van der Waals surface area contributed by atoms with Gasteiger partial charge >= 0.3 is 0 Å².